The van der Waals surface area contributed by atoms with Gasteiger partial charge in [0.25, 0.3) is 10.0 Å². The molecule has 2 amide bonds. The summed E-state index contributed by atoms with van der Waals surface area (Å²) in [5.41, 5.74) is 2.78. The van der Waals surface area contributed by atoms with E-state index in [1.165, 1.54) is 4.31 Å². The molecule has 0 aliphatic carbocycles. The van der Waals surface area contributed by atoms with E-state index in [9.17, 15) is 13.2 Å². The fourth-order valence-electron chi connectivity index (χ4n) is 3.70. The number of nitrogens with one attached hydrogen (secondary N) is 2. The van der Waals surface area contributed by atoms with Crippen LogP contribution in [0.25, 0.3) is 0 Å². The molecule has 32 heavy (non-hydrogen) atoms. The Morgan fingerprint density at radius 3 is 2.38 bits per heavy atom. The molecule has 3 aromatic rings. The molecule has 0 radical (unpaired) electrons. The van der Waals surface area contributed by atoms with Gasteiger partial charge in [0.05, 0.1) is 17.2 Å². The van der Waals surface area contributed by atoms with E-state index in [1.807, 2.05) is 13.0 Å². The maximum absolute atomic E-state index is 13.1. The molecule has 0 atom stereocenters. The minimum absolute atomic E-state index is 0.268. The first-order chi connectivity index (χ1) is 15.5. The first-order valence-corrected chi connectivity index (χ1v) is 11.9. The second kappa shape index (κ2) is 9.32. The monoisotopic (exact) mass is 451 g/mol. The van der Waals surface area contributed by atoms with Gasteiger partial charge in [0, 0.05) is 17.9 Å². The summed E-state index contributed by atoms with van der Waals surface area (Å²) in [5, 5.41) is 5.60. The second-order valence-electron chi connectivity index (χ2n) is 7.37. The molecule has 3 aromatic carbocycles. The maximum Gasteiger partial charge on any atom is 0.323 e. The summed E-state index contributed by atoms with van der Waals surface area (Å²) in [5.74, 6) is 0.739. The molecule has 0 spiro atoms. The molecule has 1 aliphatic rings. The van der Waals surface area contributed by atoms with Crippen molar-refractivity contribution in [1.29, 1.82) is 0 Å². The van der Waals surface area contributed by atoms with Gasteiger partial charge >= 0.3 is 6.03 Å². The van der Waals surface area contributed by atoms with E-state index in [0.717, 1.165) is 17.7 Å². The number of nitrogens with zero attached hydrogens (tertiary/aromatic N) is 1. The van der Waals surface area contributed by atoms with Crippen LogP contribution in [0.3, 0.4) is 0 Å². The lowest BCUT2D eigenvalue weighted by Crippen LogP contribution is -2.35. The van der Waals surface area contributed by atoms with Crippen molar-refractivity contribution in [3.63, 3.8) is 0 Å². The van der Waals surface area contributed by atoms with Crippen LogP contribution in [0.1, 0.15) is 18.9 Å². The number of aryl methyl sites for hydroxylation is 1. The summed E-state index contributed by atoms with van der Waals surface area (Å²) in [6.07, 6.45) is 1.45. The number of hydrogen-bond donors (Lipinski definition) is 2. The summed E-state index contributed by atoms with van der Waals surface area (Å²) >= 11 is 0. The Morgan fingerprint density at radius 1 is 0.969 bits per heavy atom. The van der Waals surface area contributed by atoms with Crippen LogP contribution in [-0.2, 0) is 16.4 Å². The largest absolute Gasteiger partial charge is 0.494 e. The Balaban J connectivity index is 1.48. The lowest BCUT2D eigenvalue weighted by molar-refractivity contribution is 0.262. The Morgan fingerprint density at radius 2 is 1.66 bits per heavy atom. The predicted molar refractivity (Wildman–Crippen MR) is 126 cm³/mol. The van der Waals surface area contributed by atoms with Gasteiger partial charge in [-0.15, -0.1) is 0 Å². The van der Waals surface area contributed by atoms with Gasteiger partial charge in [0.15, 0.2) is 0 Å². The van der Waals surface area contributed by atoms with Gasteiger partial charge in [-0.05, 0) is 79.9 Å². The van der Waals surface area contributed by atoms with Crippen LogP contribution in [0.15, 0.2) is 77.7 Å². The zero-order chi connectivity index (χ0) is 22.6. The van der Waals surface area contributed by atoms with Gasteiger partial charge in [-0.2, -0.15) is 0 Å². The lowest BCUT2D eigenvalue weighted by Gasteiger charge is -2.30. The van der Waals surface area contributed by atoms with Gasteiger partial charge in [-0.1, -0.05) is 18.2 Å². The first-order valence-electron chi connectivity index (χ1n) is 10.5. The summed E-state index contributed by atoms with van der Waals surface area (Å²) in [7, 11) is -3.64. The second-order valence-corrected chi connectivity index (χ2v) is 9.24. The standard InChI is InChI=1S/C24H25N3O4S/c1-2-31-21-13-10-19(11-14-21)25-24(28)26-20-12-15-23-18(17-20)7-6-16-27(23)32(29,30)22-8-4-3-5-9-22/h3-5,8-15,17H,2,6-7,16H2,1H3,(H2,25,26,28). The third-order valence-electron chi connectivity index (χ3n) is 5.17. The van der Waals surface area contributed by atoms with Crippen molar-refractivity contribution < 1.29 is 17.9 Å². The van der Waals surface area contributed by atoms with Gasteiger partial charge in [0.1, 0.15) is 5.75 Å². The number of urea groups is 1. The summed E-state index contributed by atoms with van der Waals surface area (Å²) in [6.45, 7) is 2.92. The highest BCUT2D eigenvalue weighted by Gasteiger charge is 2.29. The summed E-state index contributed by atoms with van der Waals surface area (Å²) in [6, 6.07) is 20.5. The Bertz CT molecular complexity index is 1200. The SMILES string of the molecule is CCOc1ccc(NC(=O)Nc2ccc3c(c2)CCCN3S(=O)(=O)c2ccccc2)cc1. The molecule has 1 aliphatic heterocycles. The van der Waals surface area contributed by atoms with Gasteiger partial charge < -0.3 is 15.4 Å². The fraction of sp³-hybridized carbons (Fsp3) is 0.208. The van der Waals surface area contributed by atoms with E-state index in [-0.39, 0.29) is 10.9 Å². The molecule has 0 bridgehead atoms. The highest BCUT2D eigenvalue weighted by Crippen LogP contribution is 2.33. The normalized spacial score (nSPS) is 13.2. The van der Waals surface area contributed by atoms with Gasteiger partial charge in [0.2, 0.25) is 0 Å². The van der Waals surface area contributed by atoms with Gasteiger partial charge in [-0.25, -0.2) is 13.2 Å². The average molecular weight is 452 g/mol. The van der Waals surface area contributed by atoms with Crippen LogP contribution >= 0.6 is 0 Å². The molecular weight excluding hydrogens is 426 g/mol. The Labute approximate surface area is 188 Å². The predicted octanol–water partition coefficient (Wildman–Crippen LogP) is 4.87. The molecule has 0 unspecified atom stereocenters. The van der Waals surface area contributed by atoms with Crippen LogP contribution in [-0.4, -0.2) is 27.6 Å². The number of carbonyl (C=O) groups excluding carboxylic acids is 1. The fourth-order valence-corrected chi connectivity index (χ4v) is 5.27. The maximum atomic E-state index is 13.1. The molecule has 1 heterocycles. The highest BCUT2D eigenvalue weighted by atomic mass is 32.2. The van der Waals surface area contributed by atoms with E-state index >= 15 is 0 Å². The molecule has 166 valence electrons. The molecular formula is C24H25N3O4S. The van der Waals surface area contributed by atoms with E-state index in [2.05, 4.69) is 10.6 Å². The summed E-state index contributed by atoms with van der Waals surface area (Å²) in [4.78, 5) is 12.7. The zero-order valence-corrected chi connectivity index (χ0v) is 18.6. The molecule has 0 fully saturated rings. The number of benzene rings is 3. The third-order valence-corrected chi connectivity index (χ3v) is 7.00. The molecule has 4 rings (SSSR count). The van der Waals surface area contributed by atoms with Crippen LogP contribution < -0.4 is 19.7 Å². The number of ether oxygens (including phenoxy) is 1. The molecule has 0 saturated carbocycles. The number of carbonyl (C=O) groups is 1. The number of fused-ring (bicyclic) bond motifs is 1. The van der Waals surface area contributed by atoms with Crippen molar-refractivity contribution in [2.45, 2.75) is 24.7 Å². The van der Waals surface area contributed by atoms with Crippen LogP contribution in [0.4, 0.5) is 21.9 Å². The summed E-state index contributed by atoms with van der Waals surface area (Å²) < 4.78 is 33.1. The van der Waals surface area contributed by atoms with Gasteiger partial charge in [-0.3, -0.25) is 4.31 Å². The van der Waals surface area contributed by atoms with Crippen molar-refractivity contribution in [2.24, 2.45) is 0 Å². The van der Waals surface area contributed by atoms with Crippen molar-refractivity contribution in [3.8, 4) is 5.75 Å². The van der Waals surface area contributed by atoms with E-state index in [1.54, 1.807) is 66.7 Å². The van der Waals surface area contributed by atoms with E-state index in [0.29, 0.717) is 36.6 Å². The number of sulfonamides is 1. The highest BCUT2D eigenvalue weighted by molar-refractivity contribution is 7.92. The molecule has 7 nitrogen and oxygen atoms in total. The number of rotatable bonds is 6. The smallest absolute Gasteiger partial charge is 0.323 e. The lowest BCUT2D eigenvalue weighted by atomic mass is 10.0. The van der Waals surface area contributed by atoms with Crippen LogP contribution in [0.5, 0.6) is 5.75 Å². The van der Waals surface area contributed by atoms with Crippen LogP contribution in [0, 0.1) is 0 Å². The minimum atomic E-state index is -3.64. The Kier molecular flexibility index (Phi) is 6.32. The van der Waals surface area contributed by atoms with E-state index < -0.39 is 10.0 Å². The average Bonchev–Trinajstić information content (AvgIpc) is 2.80. The minimum Gasteiger partial charge on any atom is -0.494 e. The first kappa shape index (κ1) is 21.7. The number of anilines is 3. The van der Waals surface area contributed by atoms with Crippen molar-refractivity contribution in [1.82, 2.24) is 0 Å². The van der Waals surface area contributed by atoms with Crippen molar-refractivity contribution in [3.05, 3.63) is 78.4 Å². The molecule has 8 heteroatoms. The number of amides is 2. The van der Waals surface area contributed by atoms with Crippen molar-refractivity contribution >= 4 is 33.1 Å². The Hall–Kier alpha value is -3.52. The van der Waals surface area contributed by atoms with Crippen molar-refractivity contribution in [2.75, 3.05) is 28.1 Å². The number of hydrogen-bond acceptors (Lipinski definition) is 4. The molecule has 2 N–H and O–H groups in total. The van der Waals surface area contributed by atoms with E-state index in [4.69, 9.17) is 4.74 Å². The quantitative estimate of drug-likeness (QED) is 0.560. The van der Waals surface area contributed by atoms with Crippen LogP contribution in [0.2, 0.25) is 0 Å². The topological polar surface area (TPSA) is 87.7 Å². The molecule has 0 aromatic heterocycles. The third kappa shape index (κ3) is 4.70. The molecule has 0 saturated heterocycles. The zero-order valence-electron chi connectivity index (χ0n) is 17.7.